The van der Waals surface area contributed by atoms with E-state index in [1.54, 1.807) is 0 Å². The SMILES string of the molecule is CC(C)(CO)C(N)N. The van der Waals surface area contributed by atoms with E-state index in [1.165, 1.54) is 0 Å². The number of aliphatic hydroxyl groups excluding tert-OH is 1. The van der Waals surface area contributed by atoms with Crippen LogP contribution in [0.2, 0.25) is 0 Å². The number of hydrogen-bond acceptors (Lipinski definition) is 3. The number of rotatable bonds is 2. The van der Waals surface area contributed by atoms with Crippen LogP contribution in [0.3, 0.4) is 0 Å². The van der Waals surface area contributed by atoms with Crippen LogP contribution in [-0.2, 0) is 0 Å². The predicted octanol–water partition coefficient (Wildman–Crippen LogP) is -0.752. The molecule has 0 aromatic carbocycles. The number of nitrogens with two attached hydrogens (primary N) is 2. The summed E-state index contributed by atoms with van der Waals surface area (Å²) in [5.74, 6) is 0. The molecule has 3 nitrogen and oxygen atoms in total. The van der Waals surface area contributed by atoms with E-state index in [0.29, 0.717) is 0 Å². The van der Waals surface area contributed by atoms with Crippen LogP contribution in [0.25, 0.3) is 0 Å². The summed E-state index contributed by atoms with van der Waals surface area (Å²) >= 11 is 0. The van der Waals surface area contributed by atoms with Gasteiger partial charge in [0, 0.05) is 5.41 Å². The summed E-state index contributed by atoms with van der Waals surface area (Å²) in [4.78, 5) is 0. The zero-order chi connectivity index (χ0) is 6.78. The Labute approximate surface area is 49.7 Å². The Morgan fingerprint density at radius 1 is 1.50 bits per heavy atom. The molecule has 0 aliphatic carbocycles. The molecule has 0 amide bonds. The van der Waals surface area contributed by atoms with Crippen molar-refractivity contribution >= 4 is 0 Å². The molecular formula is C5H14N2O. The molecule has 0 aliphatic heterocycles. The first-order valence-electron chi connectivity index (χ1n) is 2.63. The average Bonchev–Trinajstić information content (AvgIpc) is 1.67. The zero-order valence-electron chi connectivity index (χ0n) is 5.39. The second-order valence-corrected chi connectivity index (χ2v) is 2.67. The summed E-state index contributed by atoms with van der Waals surface area (Å²) < 4.78 is 0. The van der Waals surface area contributed by atoms with Crippen molar-refractivity contribution in [2.24, 2.45) is 16.9 Å². The van der Waals surface area contributed by atoms with Gasteiger partial charge >= 0.3 is 0 Å². The molecule has 0 fully saturated rings. The predicted molar refractivity (Wildman–Crippen MR) is 33.0 cm³/mol. The van der Waals surface area contributed by atoms with Crippen LogP contribution in [-0.4, -0.2) is 17.9 Å². The fraction of sp³-hybridized carbons (Fsp3) is 1.00. The van der Waals surface area contributed by atoms with E-state index in [1.807, 2.05) is 13.8 Å². The lowest BCUT2D eigenvalue weighted by atomic mass is 9.92. The fourth-order valence-electron chi connectivity index (χ4n) is 0.105. The van der Waals surface area contributed by atoms with Crippen LogP contribution in [0.5, 0.6) is 0 Å². The third-order valence-electron chi connectivity index (χ3n) is 1.31. The summed E-state index contributed by atoms with van der Waals surface area (Å²) in [6, 6.07) is 0. The summed E-state index contributed by atoms with van der Waals surface area (Å²) in [6.45, 7) is 3.67. The molecule has 0 saturated carbocycles. The summed E-state index contributed by atoms with van der Waals surface area (Å²) in [5, 5.41) is 8.60. The van der Waals surface area contributed by atoms with E-state index in [4.69, 9.17) is 16.6 Å². The minimum atomic E-state index is -0.438. The molecule has 0 aromatic rings. The maximum Gasteiger partial charge on any atom is 0.0595 e. The third-order valence-corrected chi connectivity index (χ3v) is 1.31. The van der Waals surface area contributed by atoms with Crippen LogP contribution >= 0.6 is 0 Å². The van der Waals surface area contributed by atoms with Gasteiger partial charge in [-0.1, -0.05) is 13.8 Å². The van der Waals surface area contributed by atoms with Gasteiger partial charge in [0.2, 0.25) is 0 Å². The highest BCUT2D eigenvalue weighted by molar-refractivity contribution is 4.74. The Balaban J connectivity index is 3.71. The Bertz CT molecular complexity index is 70.8. The van der Waals surface area contributed by atoms with Crippen molar-refractivity contribution < 1.29 is 5.11 Å². The van der Waals surface area contributed by atoms with E-state index in [9.17, 15) is 0 Å². The molecule has 0 bridgehead atoms. The van der Waals surface area contributed by atoms with Crippen molar-refractivity contribution in [1.29, 1.82) is 0 Å². The zero-order valence-corrected chi connectivity index (χ0v) is 5.39. The van der Waals surface area contributed by atoms with Crippen LogP contribution in [0.15, 0.2) is 0 Å². The lowest BCUT2D eigenvalue weighted by Crippen LogP contribution is -2.46. The van der Waals surface area contributed by atoms with Gasteiger partial charge in [0.25, 0.3) is 0 Å². The van der Waals surface area contributed by atoms with E-state index < -0.39 is 6.17 Å². The number of aliphatic hydroxyl groups is 1. The van der Waals surface area contributed by atoms with E-state index >= 15 is 0 Å². The molecule has 0 rings (SSSR count). The summed E-state index contributed by atoms with van der Waals surface area (Å²) in [6.07, 6.45) is -0.438. The Morgan fingerprint density at radius 3 is 1.88 bits per heavy atom. The fourth-order valence-corrected chi connectivity index (χ4v) is 0.105. The normalized spacial score (nSPS) is 12.8. The van der Waals surface area contributed by atoms with Crippen molar-refractivity contribution in [2.45, 2.75) is 20.0 Å². The molecule has 3 heteroatoms. The maximum absolute atomic E-state index is 8.60. The molecule has 0 aromatic heterocycles. The van der Waals surface area contributed by atoms with E-state index in [0.717, 1.165) is 0 Å². The Hall–Kier alpha value is -0.120. The first kappa shape index (κ1) is 7.88. The van der Waals surface area contributed by atoms with Crippen molar-refractivity contribution in [3.8, 4) is 0 Å². The highest BCUT2D eigenvalue weighted by atomic mass is 16.3. The van der Waals surface area contributed by atoms with Crippen LogP contribution in [0.4, 0.5) is 0 Å². The minimum absolute atomic E-state index is 0.0324. The highest BCUT2D eigenvalue weighted by Gasteiger charge is 2.21. The highest BCUT2D eigenvalue weighted by Crippen LogP contribution is 2.13. The molecule has 0 unspecified atom stereocenters. The summed E-state index contributed by atoms with van der Waals surface area (Å²) in [5.41, 5.74) is 10.2. The molecule has 0 radical (unpaired) electrons. The monoisotopic (exact) mass is 118 g/mol. The smallest absolute Gasteiger partial charge is 0.0595 e. The third kappa shape index (κ3) is 1.78. The lowest BCUT2D eigenvalue weighted by molar-refractivity contribution is 0.134. The molecule has 5 N–H and O–H groups in total. The minimum Gasteiger partial charge on any atom is -0.396 e. The van der Waals surface area contributed by atoms with Gasteiger partial charge in [-0.3, -0.25) is 0 Å². The van der Waals surface area contributed by atoms with Gasteiger partial charge in [-0.15, -0.1) is 0 Å². The quantitative estimate of drug-likeness (QED) is 0.418. The van der Waals surface area contributed by atoms with Crippen LogP contribution in [0, 0.1) is 5.41 Å². The maximum atomic E-state index is 8.60. The molecule has 8 heavy (non-hydrogen) atoms. The largest absolute Gasteiger partial charge is 0.396 e. The van der Waals surface area contributed by atoms with Crippen molar-refractivity contribution in [3.05, 3.63) is 0 Å². The second kappa shape index (κ2) is 2.44. The first-order valence-corrected chi connectivity index (χ1v) is 2.63. The first-order chi connectivity index (χ1) is 3.50. The standard InChI is InChI=1S/C5H14N2O/c1-5(2,3-8)4(6)7/h4,8H,3,6-7H2,1-2H3. The molecule has 50 valence electrons. The van der Waals surface area contributed by atoms with Gasteiger partial charge in [-0.05, 0) is 0 Å². The molecule has 0 spiro atoms. The van der Waals surface area contributed by atoms with Gasteiger partial charge < -0.3 is 16.6 Å². The second-order valence-electron chi connectivity index (χ2n) is 2.67. The molecule has 0 aliphatic rings. The number of hydrogen-bond donors (Lipinski definition) is 3. The Morgan fingerprint density at radius 2 is 1.88 bits per heavy atom. The Kier molecular flexibility index (Phi) is 2.40. The van der Waals surface area contributed by atoms with E-state index in [-0.39, 0.29) is 12.0 Å². The molecule has 0 heterocycles. The van der Waals surface area contributed by atoms with Gasteiger partial charge in [-0.2, -0.15) is 0 Å². The van der Waals surface area contributed by atoms with Gasteiger partial charge in [-0.25, -0.2) is 0 Å². The molecular weight excluding hydrogens is 104 g/mol. The van der Waals surface area contributed by atoms with Crippen molar-refractivity contribution in [3.63, 3.8) is 0 Å². The van der Waals surface area contributed by atoms with Crippen LogP contribution < -0.4 is 11.5 Å². The van der Waals surface area contributed by atoms with E-state index in [2.05, 4.69) is 0 Å². The lowest BCUT2D eigenvalue weighted by Gasteiger charge is -2.25. The van der Waals surface area contributed by atoms with Gasteiger partial charge in [0.1, 0.15) is 0 Å². The van der Waals surface area contributed by atoms with Gasteiger partial charge in [0.05, 0.1) is 12.8 Å². The molecule has 0 atom stereocenters. The van der Waals surface area contributed by atoms with Crippen molar-refractivity contribution in [1.82, 2.24) is 0 Å². The van der Waals surface area contributed by atoms with Gasteiger partial charge in [0.15, 0.2) is 0 Å². The van der Waals surface area contributed by atoms with Crippen LogP contribution in [0.1, 0.15) is 13.8 Å². The summed E-state index contributed by atoms with van der Waals surface area (Å²) in [7, 11) is 0. The average molecular weight is 118 g/mol. The van der Waals surface area contributed by atoms with Crippen molar-refractivity contribution in [2.75, 3.05) is 6.61 Å². The topological polar surface area (TPSA) is 72.3 Å². The molecule has 0 saturated heterocycles.